The van der Waals surface area contributed by atoms with Crippen molar-refractivity contribution in [1.29, 1.82) is 0 Å². The Morgan fingerprint density at radius 1 is 1.50 bits per heavy atom. The Kier molecular flexibility index (Phi) is 4.84. The van der Waals surface area contributed by atoms with Crippen molar-refractivity contribution in [2.24, 2.45) is 11.7 Å². The lowest BCUT2D eigenvalue weighted by Crippen LogP contribution is -2.34. The molecular weight excluding hydrogens is 312 g/mol. The molecule has 1 aliphatic rings. The quantitative estimate of drug-likeness (QED) is 0.780. The van der Waals surface area contributed by atoms with Crippen molar-refractivity contribution in [1.82, 2.24) is 4.31 Å². The molecule has 0 bridgehead atoms. The molecule has 1 aromatic heterocycles. The maximum absolute atomic E-state index is 12.7. The zero-order valence-electron chi connectivity index (χ0n) is 11.7. The van der Waals surface area contributed by atoms with Gasteiger partial charge >= 0.3 is 0 Å². The highest BCUT2D eigenvalue weighted by Crippen LogP contribution is 2.34. The standard InChI is InChI=1S/C13H20N2O2S3/c1-9(2)7-8-15(10-3-4-10)20(16,17)12-6-5-11(19-12)13(14)18/h5-6,9-10H,3-4,7-8H2,1-2H3,(H2,14,18). The van der Waals surface area contributed by atoms with E-state index in [1.807, 2.05) is 0 Å². The summed E-state index contributed by atoms with van der Waals surface area (Å²) in [5, 5.41) is 0. The van der Waals surface area contributed by atoms with E-state index < -0.39 is 10.0 Å². The predicted molar refractivity (Wildman–Crippen MR) is 86.6 cm³/mol. The SMILES string of the molecule is CC(C)CCN(C1CC1)S(=O)(=O)c1ccc(C(N)=S)s1. The first kappa shape index (κ1) is 15.9. The van der Waals surface area contributed by atoms with Crippen LogP contribution in [0.2, 0.25) is 0 Å². The van der Waals surface area contributed by atoms with E-state index in [0.717, 1.165) is 30.6 Å². The lowest BCUT2D eigenvalue weighted by atomic mass is 10.1. The molecule has 1 saturated carbocycles. The number of nitrogens with two attached hydrogens (primary N) is 1. The molecule has 1 fully saturated rings. The van der Waals surface area contributed by atoms with Crippen LogP contribution in [-0.4, -0.2) is 30.3 Å². The summed E-state index contributed by atoms with van der Waals surface area (Å²) in [5.41, 5.74) is 5.55. The molecule has 0 saturated heterocycles. The van der Waals surface area contributed by atoms with Crippen molar-refractivity contribution in [3.63, 3.8) is 0 Å². The molecule has 0 spiro atoms. The molecule has 0 atom stereocenters. The first-order valence-corrected chi connectivity index (χ1v) is 9.40. The fraction of sp³-hybridized carbons (Fsp3) is 0.615. The summed E-state index contributed by atoms with van der Waals surface area (Å²) in [7, 11) is -3.41. The second-order valence-electron chi connectivity index (χ2n) is 5.51. The summed E-state index contributed by atoms with van der Waals surface area (Å²) >= 11 is 6.05. The van der Waals surface area contributed by atoms with Crippen LogP contribution >= 0.6 is 23.6 Å². The monoisotopic (exact) mass is 332 g/mol. The van der Waals surface area contributed by atoms with Gasteiger partial charge in [-0.2, -0.15) is 4.31 Å². The Labute approximate surface area is 130 Å². The molecule has 7 heteroatoms. The molecule has 1 heterocycles. The molecule has 0 aliphatic heterocycles. The largest absolute Gasteiger partial charge is 0.389 e. The van der Waals surface area contributed by atoms with E-state index in [0.29, 0.717) is 21.5 Å². The summed E-state index contributed by atoms with van der Waals surface area (Å²) in [6.45, 7) is 4.80. The first-order chi connectivity index (χ1) is 9.32. The molecule has 20 heavy (non-hydrogen) atoms. The fourth-order valence-electron chi connectivity index (χ4n) is 1.95. The van der Waals surface area contributed by atoms with Crippen LogP contribution < -0.4 is 5.73 Å². The van der Waals surface area contributed by atoms with Crippen LogP contribution in [0.4, 0.5) is 0 Å². The van der Waals surface area contributed by atoms with E-state index >= 15 is 0 Å². The summed E-state index contributed by atoms with van der Waals surface area (Å²) in [6.07, 6.45) is 2.80. The van der Waals surface area contributed by atoms with Crippen molar-refractivity contribution in [3.05, 3.63) is 17.0 Å². The smallest absolute Gasteiger partial charge is 0.252 e. The average Bonchev–Trinajstić information content (AvgIpc) is 3.03. The third kappa shape index (κ3) is 3.58. The van der Waals surface area contributed by atoms with E-state index in [1.165, 1.54) is 0 Å². The van der Waals surface area contributed by atoms with Crippen LogP contribution in [-0.2, 0) is 10.0 Å². The van der Waals surface area contributed by atoms with Crippen molar-refractivity contribution in [2.45, 2.75) is 43.4 Å². The number of sulfonamides is 1. The number of rotatable bonds is 7. The average molecular weight is 333 g/mol. The number of hydrogen-bond acceptors (Lipinski definition) is 4. The number of nitrogens with zero attached hydrogens (tertiary/aromatic N) is 1. The minimum atomic E-state index is -3.41. The van der Waals surface area contributed by atoms with Gasteiger partial charge in [-0.3, -0.25) is 0 Å². The van der Waals surface area contributed by atoms with E-state index in [4.69, 9.17) is 18.0 Å². The van der Waals surface area contributed by atoms with Gasteiger partial charge in [0.25, 0.3) is 10.0 Å². The second kappa shape index (κ2) is 6.09. The molecule has 1 aromatic rings. The van der Waals surface area contributed by atoms with Gasteiger partial charge in [-0.15, -0.1) is 11.3 Å². The first-order valence-electron chi connectivity index (χ1n) is 6.74. The summed E-state index contributed by atoms with van der Waals surface area (Å²) < 4.78 is 27.4. The zero-order chi connectivity index (χ0) is 14.9. The molecule has 1 aliphatic carbocycles. The van der Waals surface area contributed by atoms with Crippen molar-refractivity contribution in [3.8, 4) is 0 Å². The highest BCUT2D eigenvalue weighted by Gasteiger charge is 2.38. The van der Waals surface area contributed by atoms with Gasteiger partial charge in [0.15, 0.2) is 0 Å². The maximum Gasteiger partial charge on any atom is 0.252 e. The minimum absolute atomic E-state index is 0.175. The number of hydrogen-bond donors (Lipinski definition) is 1. The van der Waals surface area contributed by atoms with E-state index in [2.05, 4.69) is 13.8 Å². The molecule has 112 valence electrons. The normalized spacial score (nSPS) is 16.0. The van der Waals surface area contributed by atoms with Gasteiger partial charge in [-0.05, 0) is 37.3 Å². The van der Waals surface area contributed by atoms with Gasteiger partial charge in [-0.1, -0.05) is 26.1 Å². The predicted octanol–water partition coefficient (Wildman–Crippen LogP) is 2.58. The van der Waals surface area contributed by atoms with Gasteiger partial charge in [-0.25, -0.2) is 8.42 Å². The molecule has 2 N–H and O–H groups in total. The van der Waals surface area contributed by atoms with Crippen LogP contribution in [0.25, 0.3) is 0 Å². The van der Waals surface area contributed by atoms with Crippen LogP contribution in [0.15, 0.2) is 16.3 Å². The Bertz CT molecular complexity index is 589. The minimum Gasteiger partial charge on any atom is -0.389 e. The van der Waals surface area contributed by atoms with E-state index in [1.54, 1.807) is 16.4 Å². The van der Waals surface area contributed by atoms with Crippen LogP contribution in [0.1, 0.15) is 38.0 Å². The van der Waals surface area contributed by atoms with Gasteiger partial charge in [0.1, 0.15) is 9.20 Å². The fourth-order valence-corrected chi connectivity index (χ4v) is 5.13. The highest BCUT2D eigenvalue weighted by atomic mass is 32.2. The Morgan fingerprint density at radius 2 is 2.15 bits per heavy atom. The third-order valence-electron chi connectivity index (χ3n) is 3.27. The van der Waals surface area contributed by atoms with Crippen LogP contribution in [0.3, 0.4) is 0 Å². The highest BCUT2D eigenvalue weighted by molar-refractivity contribution is 7.91. The molecule has 0 aromatic carbocycles. The lowest BCUT2D eigenvalue weighted by molar-refractivity contribution is 0.374. The molecule has 0 unspecified atom stereocenters. The lowest BCUT2D eigenvalue weighted by Gasteiger charge is -2.21. The van der Waals surface area contributed by atoms with Gasteiger partial charge in [0, 0.05) is 12.6 Å². The summed E-state index contributed by atoms with van der Waals surface area (Å²) in [4.78, 5) is 0.898. The van der Waals surface area contributed by atoms with E-state index in [9.17, 15) is 8.42 Å². The number of thiophene rings is 1. The Morgan fingerprint density at radius 3 is 2.60 bits per heavy atom. The Hall–Kier alpha value is -0.500. The summed E-state index contributed by atoms with van der Waals surface area (Å²) in [6, 6.07) is 3.47. The maximum atomic E-state index is 12.7. The second-order valence-corrected chi connectivity index (χ2v) is 9.15. The molecule has 4 nitrogen and oxygen atoms in total. The number of thiocarbonyl (C=S) groups is 1. The van der Waals surface area contributed by atoms with E-state index in [-0.39, 0.29) is 11.0 Å². The van der Waals surface area contributed by atoms with Gasteiger partial charge in [0.2, 0.25) is 0 Å². The zero-order valence-corrected chi connectivity index (χ0v) is 14.2. The van der Waals surface area contributed by atoms with Crippen molar-refractivity contribution in [2.75, 3.05) is 6.54 Å². The molecule has 0 amide bonds. The van der Waals surface area contributed by atoms with Gasteiger partial charge in [0.05, 0.1) is 4.88 Å². The van der Waals surface area contributed by atoms with Crippen LogP contribution in [0, 0.1) is 5.92 Å². The molecule has 0 radical (unpaired) electrons. The Balaban J connectivity index is 2.22. The van der Waals surface area contributed by atoms with Crippen LogP contribution in [0.5, 0.6) is 0 Å². The van der Waals surface area contributed by atoms with Gasteiger partial charge < -0.3 is 5.73 Å². The topological polar surface area (TPSA) is 63.4 Å². The molecule has 2 rings (SSSR count). The van der Waals surface area contributed by atoms with Crippen molar-refractivity contribution < 1.29 is 8.42 Å². The molecular formula is C13H20N2O2S3. The summed E-state index contributed by atoms with van der Waals surface area (Å²) in [5.74, 6) is 0.488. The van der Waals surface area contributed by atoms with Crippen molar-refractivity contribution >= 4 is 38.6 Å². The third-order valence-corrected chi connectivity index (χ3v) is 7.16.